The van der Waals surface area contributed by atoms with Gasteiger partial charge in [-0.2, -0.15) is 5.10 Å². The molecule has 0 aliphatic rings. The molecular formula is C9H14N2O. The van der Waals surface area contributed by atoms with Crippen molar-refractivity contribution in [2.75, 3.05) is 0 Å². The van der Waals surface area contributed by atoms with Crippen LogP contribution in [0.4, 0.5) is 0 Å². The van der Waals surface area contributed by atoms with Gasteiger partial charge in [0.25, 0.3) is 5.56 Å². The zero-order valence-corrected chi connectivity index (χ0v) is 7.34. The van der Waals surface area contributed by atoms with Crippen molar-refractivity contribution in [3.63, 3.8) is 0 Å². The first-order chi connectivity index (χ1) is 5.83. The van der Waals surface area contributed by atoms with Gasteiger partial charge in [-0.15, -0.1) is 0 Å². The maximum absolute atomic E-state index is 10.6. The normalized spacial score (nSPS) is 10.1. The number of hydrogen-bond acceptors (Lipinski definition) is 2. The highest BCUT2D eigenvalue weighted by atomic mass is 16.1. The molecule has 0 aliphatic heterocycles. The van der Waals surface area contributed by atoms with E-state index in [9.17, 15) is 4.79 Å². The summed E-state index contributed by atoms with van der Waals surface area (Å²) in [7, 11) is 0. The maximum Gasteiger partial charge on any atom is 0.264 e. The second-order valence-corrected chi connectivity index (χ2v) is 2.87. The molecule has 1 heterocycles. The monoisotopic (exact) mass is 166 g/mol. The van der Waals surface area contributed by atoms with Gasteiger partial charge in [-0.3, -0.25) is 4.79 Å². The molecule has 0 saturated heterocycles. The van der Waals surface area contributed by atoms with Crippen LogP contribution in [0.1, 0.15) is 31.9 Å². The lowest BCUT2D eigenvalue weighted by Gasteiger charge is -1.96. The number of aromatic amines is 1. The smallest absolute Gasteiger partial charge is 0.264 e. The summed E-state index contributed by atoms with van der Waals surface area (Å²) in [6.45, 7) is 2.17. The Bertz CT molecular complexity index is 260. The summed E-state index contributed by atoms with van der Waals surface area (Å²) in [5.41, 5.74) is 0.845. The molecular weight excluding hydrogens is 152 g/mol. The molecule has 0 bridgehead atoms. The van der Waals surface area contributed by atoms with Crippen molar-refractivity contribution in [1.29, 1.82) is 0 Å². The van der Waals surface area contributed by atoms with E-state index in [1.165, 1.54) is 18.9 Å². The molecule has 0 spiro atoms. The van der Waals surface area contributed by atoms with Gasteiger partial charge < -0.3 is 0 Å². The lowest BCUT2D eigenvalue weighted by molar-refractivity contribution is 0.697. The van der Waals surface area contributed by atoms with Crippen LogP contribution in [0.5, 0.6) is 0 Å². The molecule has 0 amide bonds. The number of hydrogen-bond donors (Lipinski definition) is 1. The van der Waals surface area contributed by atoms with Gasteiger partial charge in [0, 0.05) is 6.07 Å². The Morgan fingerprint density at radius 2 is 2.25 bits per heavy atom. The standard InChI is InChI=1S/C9H14N2O/c1-2-3-4-5-8-6-7-9(12)11-10-8/h6-7H,2-5H2,1H3,(H,11,12). The summed E-state index contributed by atoms with van der Waals surface area (Å²) >= 11 is 0. The van der Waals surface area contributed by atoms with Crippen LogP contribution in [0.3, 0.4) is 0 Å². The van der Waals surface area contributed by atoms with Crippen LogP contribution in [0.25, 0.3) is 0 Å². The molecule has 12 heavy (non-hydrogen) atoms. The van der Waals surface area contributed by atoms with Crippen LogP contribution in [-0.2, 0) is 6.42 Å². The average Bonchev–Trinajstić information content (AvgIpc) is 2.09. The van der Waals surface area contributed by atoms with Crippen LogP contribution in [0.2, 0.25) is 0 Å². The number of rotatable bonds is 4. The average molecular weight is 166 g/mol. The molecule has 0 saturated carbocycles. The molecule has 66 valence electrons. The predicted octanol–water partition coefficient (Wildman–Crippen LogP) is 1.50. The highest BCUT2D eigenvalue weighted by molar-refractivity contribution is 4.99. The number of aryl methyl sites for hydroxylation is 1. The van der Waals surface area contributed by atoms with Crippen molar-refractivity contribution in [3.8, 4) is 0 Å². The van der Waals surface area contributed by atoms with E-state index in [0.717, 1.165) is 18.5 Å². The molecule has 3 nitrogen and oxygen atoms in total. The summed E-state index contributed by atoms with van der Waals surface area (Å²) < 4.78 is 0. The molecule has 0 aliphatic carbocycles. The highest BCUT2D eigenvalue weighted by Crippen LogP contribution is 2.00. The maximum atomic E-state index is 10.6. The molecule has 1 aromatic rings. The van der Waals surface area contributed by atoms with Crippen molar-refractivity contribution in [2.24, 2.45) is 0 Å². The minimum absolute atomic E-state index is 0.130. The molecule has 1 rings (SSSR count). The van der Waals surface area contributed by atoms with Crippen molar-refractivity contribution >= 4 is 0 Å². The van der Waals surface area contributed by atoms with E-state index in [1.807, 2.05) is 0 Å². The second-order valence-electron chi connectivity index (χ2n) is 2.87. The van der Waals surface area contributed by atoms with Gasteiger partial charge in [0.1, 0.15) is 0 Å². The SMILES string of the molecule is CCCCCc1ccc(=O)[nH]n1. The molecule has 0 atom stereocenters. The van der Waals surface area contributed by atoms with Crippen molar-refractivity contribution < 1.29 is 0 Å². The number of nitrogens with zero attached hydrogens (tertiary/aromatic N) is 1. The van der Waals surface area contributed by atoms with Gasteiger partial charge in [-0.1, -0.05) is 19.8 Å². The van der Waals surface area contributed by atoms with E-state index in [-0.39, 0.29) is 5.56 Å². The molecule has 3 heteroatoms. The summed E-state index contributed by atoms with van der Waals surface area (Å²) in [4.78, 5) is 10.6. The zero-order valence-electron chi connectivity index (χ0n) is 7.34. The summed E-state index contributed by atoms with van der Waals surface area (Å²) in [6.07, 6.45) is 4.55. The Balaban J connectivity index is 2.42. The van der Waals surface area contributed by atoms with E-state index in [1.54, 1.807) is 6.07 Å². The van der Waals surface area contributed by atoms with Crippen LogP contribution < -0.4 is 5.56 Å². The Morgan fingerprint density at radius 1 is 1.42 bits per heavy atom. The zero-order chi connectivity index (χ0) is 8.81. The fraction of sp³-hybridized carbons (Fsp3) is 0.556. The lowest BCUT2D eigenvalue weighted by Crippen LogP contribution is -2.07. The molecule has 0 radical (unpaired) electrons. The van der Waals surface area contributed by atoms with E-state index in [2.05, 4.69) is 17.1 Å². The molecule has 1 aromatic heterocycles. The third-order valence-electron chi connectivity index (χ3n) is 1.77. The van der Waals surface area contributed by atoms with Crippen LogP contribution in [-0.4, -0.2) is 10.2 Å². The van der Waals surface area contributed by atoms with E-state index < -0.39 is 0 Å². The van der Waals surface area contributed by atoms with Gasteiger partial charge in [-0.05, 0) is 18.9 Å². The first-order valence-corrected chi connectivity index (χ1v) is 4.37. The summed E-state index contributed by atoms with van der Waals surface area (Å²) in [5.74, 6) is 0. The fourth-order valence-electron chi connectivity index (χ4n) is 1.07. The summed E-state index contributed by atoms with van der Waals surface area (Å²) in [5, 5.41) is 6.33. The Labute approximate surface area is 71.8 Å². The number of nitrogens with one attached hydrogen (secondary N) is 1. The molecule has 0 fully saturated rings. The van der Waals surface area contributed by atoms with Gasteiger partial charge in [-0.25, -0.2) is 5.10 Å². The minimum Gasteiger partial charge on any atom is -0.268 e. The second kappa shape index (κ2) is 4.70. The minimum atomic E-state index is -0.130. The molecule has 1 N–H and O–H groups in total. The van der Waals surface area contributed by atoms with Gasteiger partial charge in [0.15, 0.2) is 0 Å². The van der Waals surface area contributed by atoms with Crippen molar-refractivity contribution in [2.45, 2.75) is 32.6 Å². The van der Waals surface area contributed by atoms with Crippen LogP contribution in [0.15, 0.2) is 16.9 Å². The third-order valence-corrected chi connectivity index (χ3v) is 1.77. The topological polar surface area (TPSA) is 45.8 Å². The Hall–Kier alpha value is -1.12. The van der Waals surface area contributed by atoms with Crippen molar-refractivity contribution in [3.05, 3.63) is 28.2 Å². The van der Waals surface area contributed by atoms with Crippen LogP contribution in [0, 0.1) is 0 Å². The van der Waals surface area contributed by atoms with E-state index in [4.69, 9.17) is 0 Å². The number of H-pyrrole nitrogens is 1. The Morgan fingerprint density at radius 3 is 2.83 bits per heavy atom. The largest absolute Gasteiger partial charge is 0.268 e. The third kappa shape index (κ3) is 2.86. The van der Waals surface area contributed by atoms with E-state index >= 15 is 0 Å². The van der Waals surface area contributed by atoms with Gasteiger partial charge in [0.05, 0.1) is 5.69 Å². The summed E-state index contributed by atoms with van der Waals surface area (Å²) in [6, 6.07) is 3.31. The fourth-order valence-corrected chi connectivity index (χ4v) is 1.07. The van der Waals surface area contributed by atoms with Gasteiger partial charge in [0.2, 0.25) is 0 Å². The molecule has 0 unspecified atom stereocenters. The van der Waals surface area contributed by atoms with E-state index in [0.29, 0.717) is 0 Å². The lowest BCUT2D eigenvalue weighted by atomic mass is 10.1. The van der Waals surface area contributed by atoms with Gasteiger partial charge >= 0.3 is 0 Å². The molecule has 0 aromatic carbocycles. The number of unbranched alkanes of at least 4 members (excludes halogenated alkanes) is 2. The van der Waals surface area contributed by atoms with Crippen LogP contribution >= 0.6 is 0 Å². The number of aromatic nitrogens is 2. The quantitative estimate of drug-likeness (QED) is 0.689. The van der Waals surface area contributed by atoms with Crippen molar-refractivity contribution in [1.82, 2.24) is 10.2 Å². The first-order valence-electron chi connectivity index (χ1n) is 4.37. The predicted molar refractivity (Wildman–Crippen MR) is 48.1 cm³/mol. The Kier molecular flexibility index (Phi) is 3.51. The highest BCUT2D eigenvalue weighted by Gasteiger charge is 1.93. The first kappa shape index (κ1) is 8.97.